The van der Waals surface area contributed by atoms with Crippen LogP contribution in [-0.2, 0) is 0 Å². The Balaban J connectivity index is 1.62. The van der Waals surface area contributed by atoms with Crippen molar-refractivity contribution in [2.75, 3.05) is 31.1 Å². The number of thiazole rings is 1. The Morgan fingerprint density at radius 3 is 2.67 bits per heavy atom. The van der Waals surface area contributed by atoms with Gasteiger partial charge in [0.15, 0.2) is 5.13 Å². The first-order valence-corrected chi connectivity index (χ1v) is 8.02. The van der Waals surface area contributed by atoms with Crippen LogP contribution in [0.15, 0.2) is 17.6 Å². The molecule has 1 aliphatic rings. The Morgan fingerprint density at radius 1 is 1.33 bits per heavy atom. The smallest absolute Gasteiger partial charge is 0.274 e. The first-order valence-electron chi connectivity index (χ1n) is 7.14. The monoisotopic (exact) mass is 305 g/mol. The van der Waals surface area contributed by atoms with Crippen LogP contribution in [0.25, 0.3) is 0 Å². The lowest BCUT2D eigenvalue weighted by molar-refractivity contribution is 0.0741. The summed E-state index contributed by atoms with van der Waals surface area (Å²) in [6.45, 7) is 7.22. The predicted octanol–water partition coefficient (Wildman–Crippen LogP) is 1.95. The highest BCUT2D eigenvalue weighted by Crippen LogP contribution is 2.20. The van der Waals surface area contributed by atoms with Gasteiger partial charge in [0.2, 0.25) is 0 Å². The van der Waals surface area contributed by atoms with Crippen molar-refractivity contribution in [3.05, 3.63) is 29.0 Å². The zero-order valence-corrected chi connectivity index (χ0v) is 13.1. The van der Waals surface area contributed by atoms with E-state index < -0.39 is 0 Å². The molecule has 1 saturated heterocycles. The molecule has 2 aromatic rings. The minimum atomic E-state index is 0.0111. The van der Waals surface area contributed by atoms with Crippen LogP contribution in [0.5, 0.6) is 0 Å². The number of hydrogen-bond donors (Lipinski definition) is 1. The third kappa shape index (κ3) is 2.92. The Hall–Kier alpha value is -1.89. The average molecular weight is 305 g/mol. The lowest BCUT2D eigenvalue weighted by Gasteiger charge is -2.34. The molecule has 3 rings (SSSR count). The predicted molar refractivity (Wildman–Crippen MR) is 82.9 cm³/mol. The third-order valence-electron chi connectivity index (χ3n) is 3.70. The molecule has 1 fully saturated rings. The second-order valence-electron chi connectivity index (χ2n) is 5.46. The molecule has 0 radical (unpaired) electrons. The average Bonchev–Trinajstić information content (AvgIpc) is 3.18. The van der Waals surface area contributed by atoms with Gasteiger partial charge in [-0.2, -0.15) is 5.10 Å². The second kappa shape index (κ2) is 5.85. The van der Waals surface area contributed by atoms with Gasteiger partial charge in [-0.25, -0.2) is 4.98 Å². The number of anilines is 1. The molecule has 0 saturated carbocycles. The van der Waals surface area contributed by atoms with Crippen molar-refractivity contribution >= 4 is 22.4 Å². The summed E-state index contributed by atoms with van der Waals surface area (Å²) in [5.74, 6) is 0.359. The van der Waals surface area contributed by atoms with Gasteiger partial charge >= 0.3 is 0 Å². The Labute approximate surface area is 127 Å². The van der Waals surface area contributed by atoms with Crippen LogP contribution in [-0.4, -0.2) is 52.2 Å². The summed E-state index contributed by atoms with van der Waals surface area (Å²) < 4.78 is 0. The number of nitrogens with one attached hydrogen (secondary N) is 1. The molecule has 1 amide bonds. The van der Waals surface area contributed by atoms with Crippen molar-refractivity contribution in [3.63, 3.8) is 0 Å². The highest BCUT2D eigenvalue weighted by Gasteiger charge is 2.24. The molecule has 3 heterocycles. The molecule has 0 aromatic carbocycles. The molecule has 0 aliphatic carbocycles. The van der Waals surface area contributed by atoms with E-state index in [1.165, 1.54) is 0 Å². The molecule has 112 valence electrons. The van der Waals surface area contributed by atoms with E-state index >= 15 is 0 Å². The number of nitrogens with zero attached hydrogens (tertiary/aromatic N) is 4. The SMILES string of the molecule is CC(C)c1cc(C(=O)N2CCN(c3nccs3)CC2)n[nH]1. The van der Waals surface area contributed by atoms with Crippen LogP contribution in [0.2, 0.25) is 0 Å². The van der Waals surface area contributed by atoms with Crippen LogP contribution in [0.4, 0.5) is 5.13 Å². The van der Waals surface area contributed by atoms with Gasteiger partial charge in [0.25, 0.3) is 5.91 Å². The summed E-state index contributed by atoms with van der Waals surface area (Å²) in [7, 11) is 0. The van der Waals surface area contributed by atoms with Gasteiger partial charge in [-0.3, -0.25) is 9.89 Å². The van der Waals surface area contributed by atoms with Crippen LogP contribution >= 0.6 is 11.3 Å². The molecule has 0 bridgehead atoms. The molecule has 0 spiro atoms. The van der Waals surface area contributed by atoms with Gasteiger partial charge in [-0.05, 0) is 12.0 Å². The summed E-state index contributed by atoms with van der Waals surface area (Å²) in [5.41, 5.74) is 1.51. The van der Waals surface area contributed by atoms with Crippen molar-refractivity contribution in [1.82, 2.24) is 20.1 Å². The fourth-order valence-corrected chi connectivity index (χ4v) is 3.07. The maximum absolute atomic E-state index is 12.4. The highest BCUT2D eigenvalue weighted by molar-refractivity contribution is 7.13. The molecular weight excluding hydrogens is 286 g/mol. The van der Waals surface area contributed by atoms with Crippen molar-refractivity contribution in [2.24, 2.45) is 0 Å². The number of H-pyrrole nitrogens is 1. The fourth-order valence-electron chi connectivity index (χ4n) is 2.38. The number of carbonyl (C=O) groups excluding carboxylic acids is 1. The molecule has 7 heteroatoms. The van der Waals surface area contributed by atoms with E-state index in [0.717, 1.165) is 23.9 Å². The van der Waals surface area contributed by atoms with Gasteiger partial charge in [0.1, 0.15) is 5.69 Å². The van der Waals surface area contributed by atoms with E-state index in [0.29, 0.717) is 24.7 Å². The normalized spacial score (nSPS) is 15.8. The van der Waals surface area contributed by atoms with Gasteiger partial charge in [-0.15, -0.1) is 11.3 Å². The molecule has 0 atom stereocenters. The second-order valence-corrected chi connectivity index (χ2v) is 6.33. The number of aromatic amines is 1. The summed E-state index contributed by atoms with van der Waals surface area (Å²) in [5, 5.41) is 10.1. The summed E-state index contributed by atoms with van der Waals surface area (Å²) in [4.78, 5) is 20.8. The largest absolute Gasteiger partial charge is 0.345 e. The number of amides is 1. The summed E-state index contributed by atoms with van der Waals surface area (Å²) in [6.07, 6.45) is 1.81. The van der Waals surface area contributed by atoms with E-state index in [1.54, 1.807) is 11.3 Å². The standard InChI is InChI=1S/C14H19N5OS/c1-10(2)11-9-12(17-16-11)13(20)18-4-6-19(7-5-18)14-15-3-8-21-14/h3,8-10H,4-7H2,1-2H3,(H,16,17). The van der Waals surface area contributed by atoms with Gasteiger partial charge in [0.05, 0.1) is 0 Å². The Morgan fingerprint density at radius 2 is 2.10 bits per heavy atom. The molecule has 1 aliphatic heterocycles. The number of aromatic nitrogens is 3. The Bertz CT molecular complexity index is 599. The molecular formula is C14H19N5OS. The van der Waals surface area contributed by atoms with Gasteiger partial charge in [0, 0.05) is 43.4 Å². The van der Waals surface area contributed by atoms with E-state index in [9.17, 15) is 4.79 Å². The maximum atomic E-state index is 12.4. The number of hydrogen-bond acceptors (Lipinski definition) is 5. The quantitative estimate of drug-likeness (QED) is 0.941. The van der Waals surface area contributed by atoms with Crippen LogP contribution in [0, 0.1) is 0 Å². The summed E-state index contributed by atoms with van der Waals surface area (Å²) in [6, 6.07) is 1.86. The zero-order chi connectivity index (χ0) is 14.8. The molecule has 21 heavy (non-hydrogen) atoms. The van der Waals surface area contributed by atoms with Crippen molar-refractivity contribution in [3.8, 4) is 0 Å². The third-order valence-corrected chi connectivity index (χ3v) is 4.53. The molecule has 2 aromatic heterocycles. The highest BCUT2D eigenvalue weighted by atomic mass is 32.1. The molecule has 6 nitrogen and oxygen atoms in total. The number of piperazine rings is 1. The molecule has 1 N–H and O–H groups in total. The lowest BCUT2D eigenvalue weighted by Crippen LogP contribution is -2.48. The van der Waals surface area contributed by atoms with E-state index in [1.807, 2.05) is 22.5 Å². The topological polar surface area (TPSA) is 65.1 Å². The van der Waals surface area contributed by atoms with Crippen LogP contribution in [0.3, 0.4) is 0 Å². The minimum Gasteiger partial charge on any atom is -0.345 e. The van der Waals surface area contributed by atoms with E-state index in [4.69, 9.17) is 0 Å². The van der Waals surface area contributed by atoms with E-state index in [-0.39, 0.29) is 5.91 Å². The first-order chi connectivity index (χ1) is 10.1. The first kappa shape index (κ1) is 14.1. The van der Waals surface area contributed by atoms with E-state index in [2.05, 4.69) is 33.9 Å². The minimum absolute atomic E-state index is 0.0111. The van der Waals surface area contributed by atoms with Crippen molar-refractivity contribution < 1.29 is 4.79 Å². The van der Waals surface area contributed by atoms with Crippen molar-refractivity contribution in [2.45, 2.75) is 19.8 Å². The summed E-state index contributed by atoms with van der Waals surface area (Å²) >= 11 is 1.64. The van der Waals surface area contributed by atoms with Gasteiger partial charge in [-0.1, -0.05) is 13.8 Å². The van der Waals surface area contributed by atoms with Gasteiger partial charge < -0.3 is 9.80 Å². The fraction of sp³-hybridized carbons (Fsp3) is 0.500. The van der Waals surface area contributed by atoms with Crippen LogP contribution in [0.1, 0.15) is 35.9 Å². The number of rotatable bonds is 3. The molecule has 0 unspecified atom stereocenters. The van der Waals surface area contributed by atoms with Crippen molar-refractivity contribution in [1.29, 1.82) is 0 Å². The van der Waals surface area contributed by atoms with Crippen LogP contribution < -0.4 is 4.90 Å². The Kier molecular flexibility index (Phi) is 3.92. The lowest BCUT2D eigenvalue weighted by atomic mass is 10.1. The zero-order valence-electron chi connectivity index (χ0n) is 12.2. The maximum Gasteiger partial charge on any atom is 0.274 e. The number of carbonyl (C=O) groups is 1.